The van der Waals surface area contributed by atoms with Crippen LogP contribution in [0.4, 0.5) is 0 Å². The van der Waals surface area contributed by atoms with Crippen LogP contribution < -0.4 is 4.74 Å². The molecular weight excluding hydrogens is 260 g/mol. The Kier molecular flexibility index (Phi) is 5.77. The Bertz CT molecular complexity index is 527. The first-order valence-corrected chi connectivity index (χ1v) is 6.26. The van der Waals surface area contributed by atoms with Gasteiger partial charge in [0, 0.05) is 0 Å². The number of benzene rings is 1. The van der Waals surface area contributed by atoms with E-state index < -0.39 is 11.9 Å². The molecule has 0 heterocycles. The van der Waals surface area contributed by atoms with Crippen molar-refractivity contribution in [3.63, 3.8) is 0 Å². The molecule has 108 valence electrons. The van der Waals surface area contributed by atoms with Crippen molar-refractivity contribution < 1.29 is 24.2 Å². The molecule has 0 saturated heterocycles. The van der Waals surface area contributed by atoms with Crippen LogP contribution in [0.3, 0.4) is 0 Å². The Morgan fingerprint density at radius 2 is 1.95 bits per heavy atom. The molecule has 0 atom stereocenters. The van der Waals surface area contributed by atoms with E-state index in [9.17, 15) is 9.59 Å². The molecule has 20 heavy (non-hydrogen) atoms. The number of hydrogen-bond acceptors (Lipinski definition) is 4. The second kappa shape index (κ2) is 7.33. The van der Waals surface area contributed by atoms with E-state index in [4.69, 9.17) is 14.6 Å². The van der Waals surface area contributed by atoms with Gasteiger partial charge in [-0.3, -0.25) is 0 Å². The minimum absolute atomic E-state index is 0.0221. The second-order valence-corrected chi connectivity index (χ2v) is 4.33. The number of ether oxygens (including phenoxy) is 2. The molecule has 5 heteroatoms. The van der Waals surface area contributed by atoms with Gasteiger partial charge in [-0.25, -0.2) is 9.59 Å². The van der Waals surface area contributed by atoms with E-state index in [1.807, 2.05) is 19.9 Å². The van der Waals surface area contributed by atoms with Crippen molar-refractivity contribution in [2.24, 2.45) is 0 Å². The summed E-state index contributed by atoms with van der Waals surface area (Å²) in [6, 6.07) is 4.28. The molecule has 0 radical (unpaired) electrons. The first-order chi connectivity index (χ1) is 9.45. The van der Waals surface area contributed by atoms with Gasteiger partial charge >= 0.3 is 11.9 Å². The number of carboxylic acid groups (broad SMARTS) is 1. The molecule has 0 aliphatic carbocycles. The average molecular weight is 278 g/mol. The molecule has 0 bridgehead atoms. The molecule has 1 N–H and O–H groups in total. The van der Waals surface area contributed by atoms with E-state index in [1.165, 1.54) is 12.1 Å². The van der Waals surface area contributed by atoms with Crippen molar-refractivity contribution in [3.8, 4) is 5.75 Å². The number of hydrogen-bond donors (Lipinski definition) is 1. The smallest absolute Gasteiger partial charge is 0.339 e. The van der Waals surface area contributed by atoms with E-state index >= 15 is 0 Å². The summed E-state index contributed by atoms with van der Waals surface area (Å²) in [4.78, 5) is 22.8. The number of rotatable bonds is 6. The lowest BCUT2D eigenvalue weighted by Gasteiger charge is -2.09. The largest absolute Gasteiger partial charge is 0.490 e. The fraction of sp³-hybridized carbons (Fsp3) is 0.333. The Morgan fingerprint density at radius 3 is 2.50 bits per heavy atom. The summed E-state index contributed by atoms with van der Waals surface area (Å²) in [5.74, 6) is -1.45. The molecule has 0 aliphatic heterocycles. The van der Waals surface area contributed by atoms with Gasteiger partial charge in [0.25, 0.3) is 0 Å². The van der Waals surface area contributed by atoms with E-state index in [0.717, 1.165) is 5.57 Å². The van der Waals surface area contributed by atoms with Crippen molar-refractivity contribution in [2.45, 2.75) is 20.8 Å². The van der Waals surface area contributed by atoms with Crippen molar-refractivity contribution in [2.75, 3.05) is 13.2 Å². The Morgan fingerprint density at radius 1 is 1.25 bits per heavy atom. The van der Waals surface area contributed by atoms with Crippen LogP contribution >= 0.6 is 0 Å². The zero-order valence-corrected chi connectivity index (χ0v) is 11.8. The summed E-state index contributed by atoms with van der Waals surface area (Å²) in [7, 11) is 0. The molecule has 0 unspecified atom stereocenters. The predicted molar refractivity (Wildman–Crippen MR) is 74.3 cm³/mol. The molecular formula is C15H18O5. The van der Waals surface area contributed by atoms with Crippen LogP contribution in [0.5, 0.6) is 5.75 Å². The van der Waals surface area contributed by atoms with Crippen molar-refractivity contribution >= 4 is 11.9 Å². The van der Waals surface area contributed by atoms with Gasteiger partial charge in [0.15, 0.2) is 0 Å². The van der Waals surface area contributed by atoms with Gasteiger partial charge in [-0.05, 0) is 45.0 Å². The molecule has 1 aromatic rings. The molecule has 1 aromatic carbocycles. The molecule has 0 fully saturated rings. The van der Waals surface area contributed by atoms with Gasteiger partial charge in [-0.15, -0.1) is 0 Å². The van der Waals surface area contributed by atoms with Crippen LogP contribution in [-0.2, 0) is 4.74 Å². The topological polar surface area (TPSA) is 72.8 Å². The lowest BCUT2D eigenvalue weighted by atomic mass is 10.1. The zero-order chi connectivity index (χ0) is 15.1. The van der Waals surface area contributed by atoms with Gasteiger partial charge in [-0.1, -0.05) is 5.57 Å². The Labute approximate surface area is 117 Å². The first-order valence-electron chi connectivity index (χ1n) is 6.26. The van der Waals surface area contributed by atoms with Crippen LogP contribution in [-0.4, -0.2) is 30.3 Å². The number of esters is 1. The predicted octanol–water partition coefficient (Wildman–Crippen LogP) is 2.91. The van der Waals surface area contributed by atoms with Crippen LogP contribution in [0, 0.1) is 0 Å². The van der Waals surface area contributed by atoms with E-state index in [2.05, 4.69) is 0 Å². The van der Waals surface area contributed by atoms with Gasteiger partial charge in [0.05, 0.1) is 17.7 Å². The lowest BCUT2D eigenvalue weighted by Crippen LogP contribution is -2.12. The highest BCUT2D eigenvalue weighted by atomic mass is 16.5. The van der Waals surface area contributed by atoms with E-state index in [1.54, 1.807) is 13.0 Å². The third-order valence-electron chi connectivity index (χ3n) is 2.46. The zero-order valence-electron chi connectivity index (χ0n) is 11.8. The summed E-state index contributed by atoms with van der Waals surface area (Å²) in [6.07, 6.45) is 1.87. The molecule has 0 saturated carbocycles. The van der Waals surface area contributed by atoms with Crippen LogP contribution in [0.15, 0.2) is 29.8 Å². The summed E-state index contributed by atoms with van der Waals surface area (Å²) in [5, 5.41) is 9.15. The number of carbonyl (C=O) groups is 2. The van der Waals surface area contributed by atoms with Crippen LogP contribution in [0.25, 0.3) is 0 Å². The Hall–Kier alpha value is -2.30. The highest BCUT2D eigenvalue weighted by molar-refractivity contribution is 6.02. The maximum atomic E-state index is 11.6. The Balaban J connectivity index is 2.98. The number of carboxylic acids is 1. The quantitative estimate of drug-likeness (QED) is 0.639. The number of carbonyl (C=O) groups excluding carboxylic acids is 1. The molecule has 5 nitrogen and oxygen atoms in total. The lowest BCUT2D eigenvalue weighted by molar-refractivity contribution is 0.0514. The standard InChI is InChI=1S/C15H18O5/c1-4-19-15(18)12-6-5-11(9-13(12)14(16)17)20-8-7-10(2)3/h5-7,9H,4,8H2,1-3H3,(H,16,17). The summed E-state index contributed by atoms with van der Waals surface area (Å²) < 4.78 is 10.2. The van der Waals surface area contributed by atoms with Crippen LogP contribution in [0.1, 0.15) is 41.5 Å². The number of allylic oxidation sites excluding steroid dienone is 1. The van der Waals surface area contributed by atoms with Crippen molar-refractivity contribution in [3.05, 3.63) is 41.0 Å². The van der Waals surface area contributed by atoms with E-state index in [-0.39, 0.29) is 17.7 Å². The maximum Gasteiger partial charge on any atom is 0.339 e. The van der Waals surface area contributed by atoms with Gasteiger partial charge in [0.2, 0.25) is 0 Å². The average Bonchev–Trinajstić information content (AvgIpc) is 2.38. The molecule has 0 spiro atoms. The molecule has 0 aliphatic rings. The molecule has 0 amide bonds. The third kappa shape index (κ3) is 4.42. The highest BCUT2D eigenvalue weighted by Crippen LogP contribution is 2.19. The fourth-order valence-electron chi connectivity index (χ4n) is 1.48. The summed E-state index contributed by atoms with van der Waals surface area (Å²) in [5.41, 5.74) is 0.999. The normalized spacial score (nSPS) is 9.75. The number of aromatic carboxylic acids is 1. The van der Waals surface area contributed by atoms with Crippen molar-refractivity contribution in [1.82, 2.24) is 0 Å². The molecule has 0 aromatic heterocycles. The SMILES string of the molecule is CCOC(=O)c1ccc(OCC=C(C)C)cc1C(=O)O. The first kappa shape index (κ1) is 15.8. The van der Waals surface area contributed by atoms with Crippen molar-refractivity contribution in [1.29, 1.82) is 0 Å². The van der Waals surface area contributed by atoms with Gasteiger partial charge in [-0.2, -0.15) is 0 Å². The fourth-order valence-corrected chi connectivity index (χ4v) is 1.48. The second-order valence-electron chi connectivity index (χ2n) is 4.33. The minimum Gasteiger partial charge on any atom is -0.490 e. The summed E-state index contributed by atoms with van der Waals surface area (Å²) >= 11 is 0. The van der Waals surface area contributed by atoms with Crippen LogP contribution in [0.2, 0.25) is 0 Å². The minimum atomic E-state index is -1.19. The summed E-state index contributed by atoms with van der Waals surface area (Å²) in [6.45, 7) is 6.08. The maximum absolute atomic E-state index is 11.6. The highest BCUT2D eigenvalue weighted by Gasteiger charge is 2.18. The van der Waals surface area contributed by atoms with Gasteiger partial charge < -0.3 is 14.6 Å². The van der Waals surface area contributed by atoms with E-state index in [0.29, 0.717) is 12.4 Å². The molecule has 1 rings (SSSR count). The monoisotopic (exact) mass is 278 g/mol. The van der Waals surface area contributed by atoms with Gasteiger partial charge in [0.1, 0.15) is 12.4 Å². The third-order valence-corrected chi connectivity index (χ3v) is 2.46.